The molecule has 0 saturated carbocycles. The number of cyclic esters (lactones) is 1. The van der Waals surface area contributed by atoms with Gasteiger partial charge in [-0.25, -0.2) is 9.59 Å². The molecule has 5 nitrogen and oxygen atoms in total. The molecule has 1 amide bonds. The zero-order valence-electron chi connectivity index (χ0n) is 12.9. The van der Waals surface area contributed by atoms with E-state index in [1.54, 1.807) is 6.92 Å². The molecule has 0 spiro atoms. The van der Waals surface area contributed by atoms with Crippen molar-refractivity contribution in [3.05, 3.63) is 71.8 Å². The van der Waals surface area contributed by atoms with E-state index in [1.165, 1.54) is 7.11 Å². The van der Waals surface area contributed by atoms with Crippen LogP contribution in [-0.2, 0) is 19.9 Å². The lowest BCUT2D eigenvalue weighted by Crippen LogP contribution is -2.59. The predicted octanol–water partition coefficient (Wildman–Crippen LogP) is 2.60. The quantitative estimate of drug-likeness (QED) is 0.885. The van der Waals surface area contributed by atoms with Gasteiger partial charge in [-0.05, 0) is 6.92 Å². The lowest BCUT2D eigenvalue weighted by molar-refractivity contribution is -0.152. The molecule has 0 aliphatic carbocycles. The third-order valence-corrected chi connectivity index (χ3v) is 4.26. The van der Waals surface area contributed by atoms with Crippen LogP contribution in [-0.4, -0.2) is 24.7 Å². The molecule has 2 aromatic rings. The number of benzene rings is 2. The topological polar surface area (TPSA) is 64.6 Å². The first kappa shape index (κ1) is 15.1. The van der Waals surface area contributed by atoms with Gasteiger partial charge in [0.1, 0.15) is 0 Å². The average molecular weight is 311 g/mol. The zero-order chi connectivity index (χ0) is 16.5. The van der Waals surface area contributed by atoms with Crippen LogP contribution < -0.4 is 5.32 Å². The molecule has 0 bridgehead atoms. The van der Waals surface area contributed by atoms with E-state index in [4.69, 9.17) is 9.47 Å². The van der Waals surface area contributed by atoms with Crippen LogP contribution in [0, 0.1) is 0 Å². The molecular formula is C18H17NO4. The molecular weight excluding hydrogens is 294 g/mol. The maximum absolute atomic E-state index is 12.5. The van der Waals surface area contributed by atoms with Crippen molar-refractivity contribution in [3.8, 4) is 0 Å². The third kappa shape index (κ3) is 2.08. The van der Waals surface area contributed by atoms with Crippen LogP contribution in [0.5, 0.6) is 0 Å². The second-order valence-electron chi connectivity index (χ2n) is 5.54. The summed E-state index contributed by atoms with van der Waals surface area (Å²) in [5, 5.41) is 2.63. The molecule has 1 heterocycles. The number of esters is 1. The highest BCUT2D eigenvalue weighted by Crippen LogP contribution is 2.47. The summed E-state index contributed by atoms with van der Waals surface area (Å²) in [6, 6.07) is 18.4. The largest absolute Gasteiger partial charge is 0.467 e. The third-order valence-electron chi connectivity index (χ3n) is 4.26. The highest BCUT2D eigenvalue weighted by Gasteiger charge is 2.65. The Balaban J connectivity index is 2.32. The first-order valence-electron chi connectivity index (χ1n) is 7.25. The number of carbonyl (C=O) groups is 2. The van der Waals surface area contributed by atoms with E-state index < -0.39 is 23.2 Å². The number of amides is 1. The number of alkyl carbamates (subject to hydrolysis) is 1. The molecule has 1 aliphatic heterocycles. The predicted molar refractivity (Wildman–Crippen MR) is 83.7 cm³/mol. The summed E-state index contributed by atoms with van der Waals surface area (Å²) in [7, 11) is 1.29. The fraction of sp³-hybridized carbons (Fsp3) is 0.222. The van der Waals surface area contributed by atoms with Crippen LogP contribution in [0.4, 0.5) is 4.79 Å². The van der Waals surface area contributed by atoms with Crippen molar-refractivity contribution < 1.29 is 19.1 Å². The molecule has 1 atom stereocenters. The van der Waals surface area contributed by atoms with Gasteiger partial charge in [-0.15, -0.1) is 0 Å². The molecule has 1 aliphatic rings. The van der Waals surface area contributed by atoms with Crippen molar-refractivity contribution >= 4 is 12.1 Å². The number of hydrogen-bond acceptors (Lipinski definition) is 4. The van der Waals surface area contributed by atoms with Gasteiger partial charge in [0.2, 0.25) is 0 Å². The number of hydrogen-bond donors (Lipinski definition) is 1. The summed E-state index contributed by atoms with van der Waals surface area (Å²) in [4.78, 5) is 24.6. The van der Waals surface area contributed by atoms with Crippen LogP contribution in [0.3, 0.4) is 0 Å². The highest BCUT2D eigenvalue weighted by molar-refractivity contribution is 5.91. The maximum Gasteiger partial charge on any atom is 0.409 e. The molecule has 3 rings (SSSR count). The zero-order valence-corrected chi connectivity index (χ0v) is 12.9. The molecule has 2 aromatic carbocycles. The minimum Gasteiger partial charge on any atom is -0.467 e. The summed E-state index contributed by atoms with van der Waals surface area (Å²) >= 11 is 0. The second-order valence-corrected chi connectivity index (χ2v) is 5.54. The Morgan fingerprint density at radius 1 is 1.00 bits per heavy atom. The normalized spacial score (nSPS) is 22.1. The summed E-state index contributed by atoms with van der Waals surface area (Å²) in [5.41, 5.74) is -1.31. The van der Waals surface area contributed by atoms with E-state index >= 15 is 0 Å². The van der Waals surface area contributed by atoms with Gasteiger partial charge in [0, 0.05) is 11.1 Å². The summed E-state index contributed by atoms with van der Waals surface area (Å²) in [5.74, 6) is -0.573. The first-order valence-corrected chi connectivity index (χ1v) is 7.25. The standard InChI is InChI=1S/C18H17NO4/c1-17(15(20)22-2)18(23-16(21)19-17,13-9-5-3-6-10-13)14-11-7-4-8-12-14/h3-12H,1-2H3,(H,19,21)/t17-/m1/s1. The van der Waals surface area contributed by atoms with Crippen molar-refractivity contribution in [3.63, 3.8) is 0 Å². The molecule has 1 saturated heterocycles. The molecule has 0 radical (unpaired) electrons. The van der Waals surface area contributed by atoms with Crippen molar-refractivity contribution in [2.45, 2.75) is 18.1 Å². The minimum atomic E-state index is -1.39. The molecule has 0 aromatic heterocycles. The Morgan fingerprint density at radius 2 is 1.48 bits per heavy atom. The number of methoxy groups -OCH3 is 1. The lowest BCUT2D eigenvalue weighted by Gasteiger charge is -2.38. The Morgan fingerprint density at radius 3 is 1.91 bits per heavy atom. The Labute approximate surface area is 134 Å². The Hall–Kier alpha value is -2.82. The Kier molecular flexibility index (Phi) is 3.56. The molecule has 1 N–H and O–H groups in total. The van der Waals surface area contributed by atoms with E-state index in [1.807, 2.05) is 60.7 Å². The number of nitrogens with one attached hydrogen (secondary N) is 1. The average Bonchev–Trinajstić information content (AvgIpc) is 2.88. The molecule has 5 heteroatoms. The van der Waals surface area contributed by atoms with E-state index in [0.717, 1.165) is 0 Å². The van der Waals surface area contributed by atoms with Crippen LogP contribution >= 0.6 is 0 Å². The van der Waals surface area contributed by atoms with Gasteiger partial charge in [-0.1, -0.05) is 60.7 Å². The number of rotatable bonds is 3. The highest BCUT2D eigenvalue weighted by atomic mass is 16.6. The fourth-order valence-corrected chi connectivity index (χ4v) is 3.17. The first-order chi connectivity index (χ1) is 11.0. The van der Waals surface area contributed by atoms with E-state index in [2.05, 4.69) is 5.32 Å². The van der Waals surface area contributed by atoms with Crippen LogP contribution in [0.15, 0.2) is 60.7 Å². The van der Waals surface area contributed by atoms with Gasteiger partial charge < -0.3 is 14.8 Å². The molecule has 1 fully saturated rings. The Bertz CT molecular complexity index is 690. The second kappa shape index (κ2) is 5.43. The molecule has 0 unspecified atom stereocenters. The summed E-state index contributed by atoms with van der Waals surface area (Å²) in [6.45, 7) is 1.61. The minimum absolute atomic E-state index is 0.573. The van der Waals surface area contributed by atoms with E-state index in [9.17, 15) is 9.59 Å². The monoisotopic (exact) mass is 311 g/mol. The molecule has 118 valence electrons. The summed E-state index contributed by atoms with van der Waals surface area (Å²) < 4.78 is 10.7. The van der Waals surface area contributed by atoms with Crippen LogP contribution in [0.2, 0.25) is 0 Å². The smallest absolute Gasteiger partial charge is 0.409 e. The number of carbonyl (C=O) groups excluding carboxylic acids is 2. The maximum atomic E-state index is 12.5. The summed E-state index contributed by atoms with van der Waals surface area (Å²) in [6.07, 6.45) is -0.661. The van der Waals surface area contributed by atoms with Crippen molar-refractivity contribution in [1.29, 1.82) is 0 Å². The number of ether oxygens (including phenoxy) is 2. The van der Waals surface area contributed by atoms with Gasteiger partial charge in [-0.3, -0.25) is 0 Å². The van der Waals surface area contributed by atoms with Gasteiger partial charge in [0.25, 0.3) is 0 Å². The SMILES string of the molecule is COC(=O)[C@@]1(C)NC(=O)OC1(c1ccccc1)c1ccccc1. The van der Waals surface area contributed by atoms with Crippen LogP contribution in [0.25, 0.3) is 0 Å². The van der Waals surface area contributed by atoms with Gasteiger partial charge in [0.15, 0.2) is 11.1 Å². The van der Waals surface area contributed by atoms with Crippen LogP contribution in [0.1, 0.15) is 18.1 Å². The van der Waals surface area contributed by atoms with E-state index in [-0.39, 0.29) is 0 Å². The lowest BCUT2D eigenvalue weighted by atomic mass is 9.72. The van der Waals surface area contributed by atoms with Gasteiger partial charge >= 0.3 is 12.1 Å². The van der Waals surface area contributed by atoms with Crippen molar-refractivity contribution in [2.75, 3.05) is 7.11 Å². The van der Waals surface area contributed by atoms with Gasteiger partial charge in [0.05, 0.1) is 7.11 Å². The fourth-order valence-electron chi connectivity index (χ4n) is 3.17. The van der Waals surface area contributed by atoms with E-state index in [0.29, 0.717) is 11.1 Å². The van der Waals surface area contributed by atoms with Gasteiger partial charge in [-0.2, -0.15) is 0 Å². The van der Waals surface area contributed by atoms with Crippen molar-refractivity contribution in [1.82, 2.24) is 5.32 Å². The molecule has 23 heavy (non-hydrogen) atoms. The van der Waals surface area contributed by atoms with Crippen molar-refractivity contribution in [2.24, 2.45) is 0 Å².